The van der Waals surface area contributed by atoms with Crippen molar-refractivity contribution in [3.8, 4) is 0 Å². The minimum absolute atomic E-state index is 0.141. The van der Waals surface area contributed by atoms with Crippen LogP contribution in [-0.2, 0) is 20.0 Å². The summed E-state index contributed by atoms with van der Waals surface area (Å²) in [7, 11) is 1.97. The van der Waals surface area contributed by atoms with Crippen molar-refractivity contribution < 1.29 is 0 Å². The number of H-pyrrole nitrogens is 2. The van der Waals surface area contributed by atoms with Gasteiger partial charge in [0.2, 0.25) is 0 Å². The molecule has 1 atom stereocenters. The van der Waals surface area contributed by atoms with Gasteiger partial charge in [-0.1, -0.05) is 19.3 Å². The van der Waals surface area contributed by atoms with Crippen LogP contribution in [0.5, 0.6) is 0 Å². The summed E-state index contributed by atoms with van der Waals surface area (Å²) in [5.74, 6) is 0.638. The van der Waals surface area contributed by atoms with Crippen LogP contribution in [0.1, 0.15) is 72.3 Å². The Morgan fingerprint density at radius 2 is 2.07 bits per heavy atom. The Balaban J connectivity index is 1.45. The van der Waals surface area contributed by atoms with Crippen molar-refractivity contribution >= 4 is 0 Å². The molecule has 7 heteroatoms. The number of rotatable bonds is 4. The van der Waals surface area contributed by atoms with Gasteiger partial charge >= 0.3 is 0 Å². The van der Waals surface area contributed by atoms with Gasteiger partial charge in [0.25, 0.3) is 0 Å². The van der Waals surface area contributed by atoms with E-state index in [9.17, 15) is 0 Å². The third-order valence-electron chi connectivity index (χ3n) is 6.20. The van der Waals surface area contributed by atoms with Crippen molar-refractivity contribution in [3.05, 3.63) is 53.1 Å². The molecule has 1 fully saturated rings. The fourth-order valence-electron chi connectivity index (χ4n) is 4.86. The number of aryl methyl sites for hydroxylation is 1. The molecule has 142 valence electrons. The zero-order chi connectivity index (χ0) is 18.2. The molecule has 3 aromatic heterocycles. The molecule has 0 aromatic carbocycles. The van der Waals surface area contributed by atoms with Crippen molar-refractivity contribution in [1.82, 2.24) is 34.8 Å². The summed E-state index contributed by atoms with van der Waals surface area (Å²) in [6, 6.07) is 0.141. The number of imidazole rings is 1. The summed E-state index contributed by atoms with van der Waals surface area (Å²) < 4.78 is 1.87. The summed E-state index contributed by atoms with van der Waals surface area (Å²) in [6.45, 7) is 1.90. The number of nitrogens with one attached hydrogen (secondary N) is 2. The Kier molecular flexibility index (Phi) is 4.32. The standard InChI is InChI=1S/C20H27N7/c1-26-11-16(10-24-26)20-19-17(21-13-22-19)7-8-27(20)12-15-9-23-25-18(15)14-5-3-2-4-6-14/h9-11,13-14,20H,2-8,12H2,1H3,(H,21,22)(H,23,25)/t20-/m1/s1. The zero-order valence-corrected chi connectivity index (χ0v) is 15.9. The van der Waals surface area contributed by atoms with Crippen molar-refractivity contribution in [3.63, 3.8) is 0 Å². The highest BCUT2D eigenvalue weighted by Gasteiger charge is 2.33. The van der Waals surface area contributed by atoms with Gasteiger partial charge < -0.3 is 4.98 Å². The van der Waals surface area contributed by atoms with Crippen LogP contribution in [0.25, 0.3) is 0 Å². The maximum Gasteiger partial charge on any atom is 0.0926 e. The van der Waals surface area contributed by atoms with Gasteiger partial charge in [-0.3, -0.25) is 14.7 Å². The topological polar surface area (TPSA) is 78.4 Å². The Morgan fingerprint density at radius 3 is 2.89 bits per heavy atom. The maximum absolute atomic E-state index is 4.66. The molecule has 0 unspecified atom stereocenters. The van der Waals surface area contributed by atoms with Gasteiger partial charge in [-0.05, 0) is 12.8 Å². The molecule has 5 rings (SSSR count). The Morgan fingerprint density at radius 1 is 1.19 bits per heavy atom. The lowest BCUT2D eigenvalue weighted by molar-refractivity contribution is 0.199. The van der Waals surface area contributed by atoms with E-state index >= 15 is 0 Å². The molecule has 2 N–H and O–H groups in total. The molecule has 0 radical (unpaired) electrons. The van der Waals surface area contributed by atoms with Crippen LogP contribution >= 0.6 is 0 Å². The van der Waals surface area contributed by atoms with E-state index in [0.717, 1.165) is 25.2 Å². The number of hydrogen-bond donors (Lipinski definition) is 2. The number of aromatic nitrogens is 6. The van der Waals surface area contributed by atoms with Crippen LogP contribution in [0, 0.1) is 0 Å². The van der Waals surface area contributed by atoms with E-state index in [1.54, 1.807) is 0 Å². The second-order valence-corrected chi connectivity index (χ2v) is 7.98. The van der Waals surface area contributed by atoms with E-state index in [2.05, 4.69) is 36.4 Å². The molecule has 3 aromatic rings. The third-order valence-corrected chi connectivity index (χ3v) is 6.20. The minimum atomic E-state index is 0.141. The van der Waals surface area contributed by atoms with E-state index in [1.807, 2.05) is 30.5 Å². The van der Waals surface area contributed by atoms with Crippen LogP contribution in [0.2, 0.25) is 0 Å². The highest BCUT2D eigenvalue weighted by atomic mass is 15.3. The lowest BCUT2D eigenvalue weighted by atomic mass is 9.85. The van der Waals surface area contributed by atoms with Gasteiger partial charge in [-0.25, -0.2) is 4.98 Å². The lowest BCUT2D eigenvalue weighted by Gasteiger charge is -2.34. The van der Waals surface area contributed by atoms with Crippen LogP contribution in [0.15, 0.2) is 24.9 Å². The van der Waals surface area contributed by atoms with E-state index in [0.29, 0.717) is 5.92 Å². The molecule has 0 spiro atoms. The first-order valence-corrected chi connectivity index (χ1v) is 10.1. The summed E-state index contributed by atoms with van der Waals surface area (Å²) in [5, 5.41) is 12.1. The lowest BCUT2D eigenvalue weighted by Crippen LogP contribution is -2.36. The van der Waals surface area contributed by atoms with Gasteiger partial charge in [0, 0.05) is 61.2 Å². The Hall–Kier alpha value is -2.41. The second-order valence-electron chi connectivity index (χ2n) is 7.98. The fraction of sp³-hybridized carbons (Fsp3) is 0.550. The molecule has 0 bridgehead atoms. The van der Waals surface area contributed by atoms with Gasteiger partial charge in [-0.15, -0.1) is 0 Å². The van der Waals surface area contributed by atoms with Crippen molar-refractivity contribution in [2.24, 2.45) is 7.05 Å². The first-order chi connectivity index (χ1) is 13.3. The van der Waals surface area contributed by atoms with Crippen LogP contribution in [0.3, 0.4) is 0 Å². The van der Waals surface area contributed by atoms with Crippen LogP contribution < -0.4 is 0 Å². The van der Waals surface area contributed by atoms with Gasteiger partial charge in [0.1, 0.15) is 0 Å². The molecule has 2 aliphatic rings. The van der Waals surface area contributed by atoms with E-state index < -0.39 is 0 Å². The largest absolute Gasteiger partial charge is 0.348 e. The quantitative estimate of drug-likeness (QED) is 0.745. The van der Waals surface area contributed by atoms with Crippen molar-refractivity contribution in [2.75, 3.05) is 6.54 Å². The summed E-state index contributed by atoms with van der Waals surface area (Å²) in [4.78, 5) is 10.5. The molecule has 4 heterocycles. The molecule has 1 aliphatic carbocycles. The zero-order valence-electron chi connectivity index (χ0n) is 15.9. The first kappa shape index (κ1) is 16.7. The predicted molar refractivity (Wildman–Crippen MR) is 102 cm³/mol. The summed E-state index contributed by atoms with van der Waals surface area (Å²) in [6.07, 6.45) is 15.5. The summed E-state index contributed by atoms with van der Waals surface area (Å²) in [5.41, 5.74) is 6.28. The van der Waals surface area contributed by atoms with E-state index in [4.69, 9.17) is 0 Å². The third kappa shape index (κ3) is 3.10. The smallest absolute Gasteiger partial charge is 0.0926 e. The van der Waals surface area contributed by atoms with Crippen molar-refractivity contribution in [2.45, 2.75) is 57.0 Å². The summed E-state index contributed by atoms with van der Waals surface area (Å²) >= 11 is 0. The molecule has 0 saturated heterocycles. The Bertz CT molecular complexity index is 899. The normalized spacial score (nSPS) is 21.4. The van der Waals surface area contributed by atoms with Gasteiger partial charge in [-0.2, -0.15) is 10.2 Å². The molecule has 0 amide bonds. The molecule has 1 saturated carbocycles. The number of hydrogen-bond acceptors (Lipinski definition) is 4. The highest BCUT2D eigenvalue weighted by Crippen LogP contribution is 2.37. The second kappa shape index (κ2) is 6.96. The molecule has 1 aliphatic heterocycles. The molecule has 7 nitrogen and oxygen atoms in total. The SMILES string of the molecule is Cn1cc([C@@H]2c3nc[nH]c3CCN2Cc2cn[nH]c2C2CCCCC2)cn1. The molecular formula is C20H27N7. The molecule has 27 heavy (non-hydrogen) atoms. The van der Waals surface area contributed by atoms with Gasteiger partial charge in [0.15, 0.2) is 0 Å². The number of nitrogens with zero attached hydrogens (tertiary/aromatic N) is 5. The monoisotopic (exact) mass is 365 g/mol. The van der Waals surface area contributed by atoms with Crippen LogP contribution in [-0.4, -0.2) is 41.4 Å². The average molecular weight is 365 g/mol. The number of aromatic amines is 2. The van der Waals surface area contributed by atoms with Crippen molar-refractivity contribution in [1.29, 1.82) is 0 Å². The fourth-order valence-corrected chi connectivity index (χ4v) is 4.86. The average Bonchev–Trinajstić information content (AvgIpc) is 3.43. The predicted octanol–water partition coefficient (Wildman–Crippen LogP) is 3.06. The minimum Gasteiger partial charge on any atom is -0.348 e. The Labute approximate surface area is 159 Å². The highest BCUT2D eigenvalue weighted by molar-refractivity contribution is 5.31. The maximum atomic E-state index is 4.66. The van der Waals surface area contributed by atoms with E-state index in [-0.39, 0.29) is 6.04 Å². The first-order valence-electron chi connectivity index (χ1n) is 10.1. The van der Waals surface area contributed by atoms with Crippen LogP contribution in [0.4, 0.5) is 0 Å². The molecular weight excluding hydrogens is 338 g/mol. The number of fused-ring (bicyclic) bond motifs is 1. The van der Waals surface area contributed by atoms with Gasteiger partial charge in [0.05, 0.1) is 30.5 Å². The van der Waals surface area contributed by atoms with E-state index in [1.165, 1.54) is 54.6 Å².